The molecule has 4 rings (SSSR count). The van der Waals surface area contributed by atoms with Crippen molar-refractivity contribution in [1.82, 2.24) is 14.7 Å². The molecule has 0 saturated carbocycles. The highest BCUT2D eigenvalue weighted by molar-refractivity contribution is 5.88. The normalized spacial score (nSPS) is 15.0. The van der Waals surface area contributed by atoms with E-state index in [0.717, 1.165) is 5.56 Å². The average Bonchev–Trinajstić information content (AvgIpc) is 3.55. The Hall–Kier alpha value is -4.14. The highest BCUT2D eigenvalue weighted by Gasteiger charge is 2.35. The Morgan fingerprint density at radius 2 is 1.71 bits per heavy atom. The van der Waals surface area contributed by atoms with Gasteiger partial charge in [-0.25, -0.2) is 14.3 Å². The minimum Gasteiger partial charge on any atom is -0.467 e. The number of hydrogen-bond acceptors (Lipinski definition) is 7. The first-order valence-electron chi connectivity index (χ1n) is 11.5. The summed E-state index contributed by atoms with van der Waals surface area (Å²) in [7, 11) is 0. The first-order chi connectivity index (χ1) is 17.1. The zero-order valence-electron chi connectivity index (χ0n) is 19.5. The summed E-state index contributed by atoms with van der Waals surface area (Å²) in [4.78, 5) is 39.3. The number of benzene rings is 2. The second kappa shape index (κ2) is 11.3. The summed E-state index contributed by atoms with van der Waals surface area (Å²) in [6, 6.07) is 19.3. The lowest BCUT2D eigenvalue weighted by atomic mass is 10.2. The molecule has 0 spiro atoms. The van der Waals surface area contributed by atoms with Gasteiger partial charge in [-0.3, -0.25) is 4.79 Å². The summed E-state index contributed by atoms with van der Waals surface area (Å²) >= 11 is 0. The Balaban J connectivity index is 1.42. The van der Waals surface area contributed by atoms with E-state index in [1.165, 1.54) is 15.6 Å². The summed E-state index contributed by atoms with van der Waals surface area (Å²) in [5, 5.41) is 4.29. The van der Waals surface area contributed by atoms with Crippen LogP contribution in [-0.2, 0) is 25.7 Å². The largest absolute Gasteiger partial charge is 0.467 e. The first-order valence-corrected chi connectivity index (χ1v) is 11.5. The molecule has 1 atom stereocenters. The maximum atomic E-state index is 13.0. The smallest absolute Gasteiger partial charge is 0.358 e. The summed E-state index contributed by atoms with van der Waals surface area (Å²) in [5.41, 5.74) is 1.61. The highest BCUT2D eigenvalue weighted by atomic mass is 16.5. The fourth-order valence-electron chi connectivity index (χ4n) is 3.88. The molecule has 1 aliphatic rings. The van der Waals surface area contributed by atoms with E-state index in [2.05, 4.69) is 5.10 Å². The number of esters is 2. The standard InChI is InChI=1S/C26H27N3O6/c1-2-33-25(31)21-16-24(29(27-21)20-12-7-4-8-13-20)34-18-23(30)28-15-9-14-22(28)26(32)35-17-19-10-5-3-6-11-19/h3-8,10-13,16,22H,2,9,14-15,17-18H2,1H3/t22-/m0/s1. The van der Waals surface area contributed by atoms with Crippen molar-refractivity contribution < 1.29 is 28.6 Å². The lowest BCUT2D eigenvalue weighted by Crippen LogP contribution is -2.43. The maximum Gasteiger partial charge on any atom is 0.358 e. The highest BCUT2D eigenvalue weighted by Crippen LogP contribution is 2.22. The van der Waals surface area contributed by atoms with Crippen LogP contribution in [-0.4, -0.2) is 58.3 Å². The van der Waals surface area contributed by atoms with Gasteiger partial charge in [0, 0.05) is 12.6 Å². The number of carbonyl (C=O) groups excluding carboxylic acids is 3. The van der Waals surface area contributed by atoms with Crippen molar-refractivity contribution >= 4 is 17.8 Å². The van der Waals surface area contributed by atoms with Crippen LogP contribution < -0.4 is 4.74 Å². The molecule has 35 heavy (non-hydrogen) atoms. The van der Waals surface area contributed by atoms with Crippen LogP contribution in [0, 0.1) is 0 Å². The van der Waals surface area contributed by atoms with Gasteiger partial charge >= 0.3 is 11.9 Å². The quantitative estimate of drug-likeness (QED) is 0.437. The number of hydrogen-bond donors (Lipinski definition) is 0. The van der Waals surface area contributed by atoms with Gasteiger partial charge in [-0.2, -0.15) is 5.10 Å². The number of aromatic nitrogens is 2. The number of carbonyl (C=O) groups is 3. The second-order valence-electron chi connectivity index (χ2n) is 7.96. The van der Waals surface area contributed by atoms with E-state index < -0.39 is 18.0 Å². The van der Waals surface area contributed by atoms with Crippen molar-refractivity contribution in [2.75, 3.05) is 19.8 Å². The Kier molecular flexibility index (Phi) is 7.77. The maximum absolute atomic E-state index is 13.0. The minimum atomic E-state index is -0.649. The van der Waals surface area contributed by atoms with Gasteiger partial charge in [0.2, 0.25) is 5.88 Å². The molecule has 1 saturated heterocycles. The van der Waals surface area contributed by atoms with Gasteiger partial charge in [0.25, 0.3) is 5.91 Å². The molecule has 0 unspecified atom stereocenters. The van der Waals surface area contributed by atoms with Crippen LogP contribution in [0.4, 0.5) is 0 Å². The van der Waals surface area contributed by atoms with E-state index in [4.69, 9.17) is 14.2 Å². The SMILES string of the molecule is CCOC(=O)c1cc(OCC(=O)N2CCC[C@H]2C(=O)OCc2ccccc2)n(-c2ccccc2)n1. The number of nitrogens with zero attached hydrogens (tertiary/aromatic N) is 3. The van der Waals surface area contributed by atoms with Crippen LogP contribution in [0.3, 0.4) is 0 Å². The molecule has 0 radical (unpaired) electrons. The zero-order chi connectivity index (χ0) is 24.6. The molecule has 1 aliphatic heterocycles. The molecule has 1 aromatic heterocycles. The van der Waals surface area contributed by atoms with E-state index in [1.54, 1.807) is 19.1 Å². The molecule has 1 fully saturated rings. The predicted molar refractivity (Wildman–Crippen MR) is 126 cm³/mol. The number of amides is 1. The molecule has 3 aromatic rings. The number of likely N-dealkylation sites (tertiary alicyclic amines) is 1. The van der Waals surface area contributed by atoms with Crippen LogP contribution in [0.1, 0.15) is 35.8 Å². The van der Waals surface area contributed by atoms with Gasteiger partial charge in [0.1, 0.15) is 12.6 Å². The molecule has 1 amide bonds. The van der Waals surface area contributed by atoms with Gasteiger partial charge in [0.05, 0.1) is 12.3 Å². The molecular formula is C26H27N3O6. The Morgan fingerprint density at radius 1 is 1.00 bits per heavy atom. The number of rotatable bonds is 9. The van der Waals surface area contributed by atoms with Gasteiger partial charge in [-0.1, -0.05) is 48.5 Å². The third kappa shape index (κ3) is 5.87. The minimum absolute atomic E-state index is 0.0710. The van der Waals surface area contributed by atoms with Crippen LogP contribution >= 0.6 is 0 Å². The lowest BCUT2D eigenvalue weighted by Gasteiger charge is -2.23. The fraction of sp³-hybridized carbons (Fsp3) is 0.308. The summed E-state index contributed by atoms with van der Waals surface area (Å²) < 4.78 is 17.7. The summed E-state index contributed by atoms with van der Waals surface area (Å²) in [6.07, 6.45) is 1.24. The topological polar surface area (TPSA) is 100.0 Å². The number of para-hydroxylation sites is 1. The van der Waals surface area contributed by atoms with E-state index in [1.807, 2.05) is 48.5 Å². The first kappa shape index (κ1) is 24.0. The van der Waals surface area contributed by atoms with Crippen LogP contribution in [0.15, 0.2) is 66.7 Å². The van der Waals surface area contributed by atoms with Crippen molar-refractivity contribution in [2.24, 2.45) is 0 Å². The van der Waals surface area contributed by atoms with Gasteiger partial charge in [0.15, 0.2) is 12.3 Å². The molecule has 9 heteroatoms. The molecule has 9 nitrogen and oxygen atoms in total. The molecule has 0 bridgehead atoms. The predicted octanol–water partition coefficient (Wildman–Crippen LogP) is 3.16. The molecule has 2 heterocycles. The molecule has 0 aliphatic carbocycles. The lowest BCUT2D eigenvalue weighted by molar-refractivity contribution is -0.155. The van der Waals surface area contributed by atoms with Crippen molar-refractivity contribution in [3.63, 3.8) is 0 Å². The number of ether oxygens (including phenoxy) is 3. The van der Waals surface area contributed by atoms with Crippen molar-refractivity contribution in [1.29, 1.82) is 0 Å². The van der Waals surface area contributed by atoms with Crippen LogP contribution in [0.2, 0.25) is 0 Å². The Labute approximate surface area is 203 Å². The summed E-state index contributed by atoms with van der Waals surface area (Å²) in [5.74, 6) is -1.14. The molecular weight excluding hydrogens is 450 g/mol. The third-order valence-corrected chi connectivity index (χ3v) is 5.57. The van der Waals surface area contributed by atoms with Gasteiger partial charge in [-0.05, 0) is 37.5 Å². The Morgan fingerprint density at radius 3 is 2.43 bits per heavy atom. The van der Waals surface area contributed by atoms with Crippen molar-refractivity contribution in [3.8, 4) is 11.6 Å². The van der Waals surface area contributed by atoms with Crippen molar-refractivity contribution in [3.05, 3.63) is 78.0 Å². The Bertz CT molecular complexity index is 1160. The van der Waals surface area contributed by atoms with E-state index in [0.29, 0.717) is 25.1 Å². The zero-order valence-corrected chi connectivity index (χ0v) is 19.5. The van der Waals surface area contributed by atoms with Gasteiger partial charge in [-0.15, -0.1) is 0 Å². The summed E-state index contributed by atoms with van der Waals surface area (Å²) in [6.45, 7) is 2.20. The fourth-order valence-corrected chi connectivity index (χ4v) is 3.88. The average molecular weight is 478 g/mol. The van der Waals surface area contributed by atoms with E-state index >= 15 is 0 Å². The van der Waals surface area contributed by atoms with Crippen molar-refractivity contribution in [2.45, 2.75) is 32.4 Å². The molecule has 0 N–H and O–H groups in total. The van der Waals surface area contributed by atoms with E-state index in [-0.39, 0.29) is 37.3 Å². The molecule has 182 valence electrons. The third-order valence-electron chi connectivity index (χ3n) is 5.57. The van der Waals surface area contributed by atoms with Crippen LogP contribution in [0.5, 0.6) is 5.88 Å². The monoisotopic (exact) mass is 477 g/mol. The second-order valence-corrected chi connectivity index (χ2v) is 7.96. The molecule has 2 aromatic carbocycles. The van der Waals surface area contributed by atoms with Crippen LogP contribution in [0.25, 0.3) is 5.69 Å². The van der Waals surface area contributed by atoms with E-state index in [9.17, 15) is 14.4 Å². The van der Waals surface area contributed by atoms with Gasteiger partial charge < -0.3 is 19.1 Å².